The van der Waals surface area contributed by atoms with Gasteiger partial charge in [-0.1, -0.05) is 42.4 Å². The van der Waals surface area contributed by atoms with Crippen molar-refractivity contribution in [1.82, 2.24) is 20.4 Å². The van der Waals surface area contributed by atoms with Crippen LogP contribution in [0, 0.1) is 0 Å². The number of nitrogens with zero attached hydrogens (tertiary/aromatic N) is 3. The molecular formula is C18H24N4O3. The predicted molar refractivity (Wildman–Crippen MR) is 93.2 cm³/mol. The molecule has 1 saturated heterocycles. The van der Waals surface area contributed by atoms with Crippen LogP contribution in [0.5, 0.6) is 0 Å². The lowest BCUT2D eigenvalue weighted by Gasteiger charge is -2.23. The fraction of sp³-hybridized carbons (Fsp3) is 0.500. The van der Waals surface area contributed by atoms with E-state index in [1.54, 1.807) is 4.90 Å². The predicted octanol–water partition coefficient (Wildman–Crippen LogP) is 2.66. The summed E-state index contributed by atoms with van der Waals surface area (Å²) in [7, 11) is 0. The molecule has 2 unspecified atom stereocenters. The molecule has 7 heteroatoms. The smallest absolute Gasteiger partial charge is 0.317 e. The summed E-state index contributed by atoms with van der Waals surface area (Å²) in [6, 6.07) is 9.60. The highest BCUT2D eigenvalue weighted by atomic mass is 16.5. The van der Waals surface area contributed by atoms with E-state index in [0.717, 1.165) is 12.0 Å². The summed E-state index contributed by atoms with van der Waals surface area (Å²) in [5.74, 6) is 1.02. The molecule has 0 aliphatic carbocycles. The van der Waals surface area contributed by atoms with E-state index < -0.39 is 0 Å². The third-order valence-electron chi connectivity index (χ3n) is 4.19. The second-order valence-corrected chi connectivity index (χ2v) is 6.39. The van der Waals surface area contributed by atoms with Crippen LogP contribution < -0.4 is 5.32 Å². The van der Waals surface area contributed by atoms with Crippen molar-refractivity contribution in [2.45, 2.75) is 32.3 Å². The van der Waals surface area contributed by atoms with Gasteiger partial charge in [0.1, 0.15) is 0 Å². The average molecular weight is 344 g/mol. The van der Waals surface area contributed by atoms with Crippen LogP contribution in [0.15, 0.2) is 34.9 Å². The number of ether oxygens (including phenoxy) is 1. The number of rotatable bonds is 4. The minimum atomic E-state index is -0.0769. The van der Waals surface area contributed by atoms with Crippen LogP contribution in [0.25, 0.3) is 11.4 Å². The van der Waals surface area contributed by atoms with Crippen LogP contribution in [-0.4, -0.2) is 53.4 Å². The maximum absolute atomic E-state index is 12.4. The number of aromatic nitrogens is 2. The maximum Gasteiger partial charge on any atom is 0.317 e. The van der Waals surface area contributed by atoms with Crippen LogP contribution in [0.2, 0.25) is 0 Å². The fourth-order valence-corrected chi connectivity index (χ4v) is 2.76. The zero-order valence-electron chi connectivity index (χ0n) is 14.6. The van der Waals surface area contributed by atoms with Gasteiger partial charge < -0.3 is 19.5 Å². The number of carbonyl (C=O) groups excluding carboxylic acids is 1. The highest BCUT2D eigenvalue weighted by molar-refractivity contribution is 5.74. The molecule has 1 N–H and O–H groups in total. The summed E-state index contributed by atoms with van der Waals surface area (Å²) in [5.41, 5.74) is 0.910. The Morgan fingerprint density at radius 2 is 2.20 bits per heavy atom. The summed E-state index contributed by atoms with van der Waals surface area (Å²) in [6.07, 6.45) is 0.923. The lowest BCUT2D eigenvalue weighted by molar-refractivity contribution is 0.0710. The van der Waals surface area contributed by atoms with Crippen LogP contribution in [0.3, 0.4) is 0 Å². The Morgan fingerprint density at radius 3 is 3.00 bits per heavy atom. The number of hydrogen-bond acceptors (Lipinski definition) is 5. The molecule has 2 amide bonds. The van der Waals surface area contributed by atoms with Gasteiger partial charge >= 0.3 is 6.03 Å². The van der Waals surface area contributed by atoms with Crippen molar-refractivity contribution in [2.75, 3.05) is 26.2 Å². The number of amides is 2. The molecule has 3 rings (SSSR count). The topological polar surface area (TPSA) is 80.5 Å². The molecule has 0 radical (unpaired) electrons. The van der Waals surface area contributed by atoms with Gasteiger partial charge in [0.25, 0.3) is 0 Å². The number of urea groups is 1. The molecule has 2 heterocycles. The number of carbonyl (C=O) groups is 1. The Labute approximate surface area is 147 Å². The van der Waals surface area contributed by atoms with E-state index in [1.807, 2.05) is 44.2 Å². The maximum atomic E-state index is 12.4. The Kier molecular flexibility index (Phi) is 5.65. The SMILES string of the molecule is CC1CN(C(=O)NCC(C)c2nc(-c3ccccc3)no2)CCCO1. The molecule has 1 aromatic carbocycles. The van der Waals surface area contributed by atoms with E-state index in [1.165, 1.54) is 0 Å². The first-order valence-electron chi connectivity index (χ1n) is 8.67. The van der Waals surface area contributed by atoms with Crippen LogP contribution in [0.4, 0.5) is 4.79 Å². The second kappa shape index (κ2) is 8.11. The van der Waals surface area contributed by atoms with Crippen LogP contribution in [0.1, 0.15) is 32.1 Å². The minimum absolute atomic E-state index is 0.0606. The lowest BCUT2D eigenvalue weighted by atomic mass is 10.2. The van der Waals surface area contributed by atoms with E-state index in [2.05, 4.69) is 15.5 Å². The van der Waals surface area contributed by atoms with Crippen LogP contribution in [-0.2, 0) is 4.74 Å². The standard InChI is InChI=1S/C18H24N4O3/c1-13(11-19-18(23)22-9-6-10-24-14(2)12-22)17-20-16(21-25-17)15-7-4-3-5-8-15/h3-5,7-8,13-14H,6,9-12H2,1-2H3,(H,19,23). The Morgan fingerprint density at radius 1 is 1.40 bits per heavy atom. The number of nitrogens with one attached hydrogen (secondary N) is 1. The fourth-order valence-electron chi connectivity index (χ4n) is 2.76. The third-order valence-corrected chi connectivity index (χ3v) is 4.19. The normalized spacial score (nSPS) is 19.3. The largest absolute Gasteiger partial charge is 0.377 e. The highest BCUT2D eigenvalue weighted by Crippen LogP contribution is 2.19. The van der Waals surface area contributed by atoms with Gasteiger partial charge in [-0.2, -0.15) is 4.98 Å². The molecular weight excluding hydrogens is 320 g/mol. The van der Waals surface area contributed by atoms with Crippen molar-refractivity contribution < 1.29 is 14.1 Å². The van der Waals surface area contributed by atoms with Gasteiger partial charge in [0.2, 0.25) is 11.7 Å². The van der Waals surface area contributed by atoms with Crippen molar-refractivity contribution in [3.05, 3.63) is 36.2 Å². The molecule has 1 aromatic heterocycles. The van der Waals surface area contributed by atoms with E-state index in [9.17, 15) is 4.79 Å². The van der Waals surface area contributed by atoms with Gasteiger partial charge in [-0.05, 0) is 13.3 Å². The first kappa shape index (κ1) is 17.4. The van der Waals surface area contributed by atoms with Crippen molar-refractivity contribution in [3.63, 3.8) is 0 Å². The van der Waals surface area contributed by atoms with Crippen molar-refractivity contribution in [3.8, 4) is 11.4 Å². The summed E-state index contributed by atoms with van der Waals surface area (Å²) in [5, 5.41) is 6.97. The lowest BCUT2D eigenvalue weighted by Crippen LogP contribution is -2.43. The van der Waals surface area contributed by atoms with Crippen molar-refractivity contribution in [2.24, 2.45) is 0 Å². The van der Waals surface area contributed by atoms with E-state index in [-0.39, 0.29) is 18.1 Å². The quantitative estimate of drug-likeness (QED) is 0.922. The first-order valence-corrected chi connectivity index (χ1v) is 8.67. The monoisotopic (exact) mass is 344 g/mol. The molecule has 25 heavy (non-hydrogen) atoms. The van der Waals surface area contributed by atoms with Crippen LogP contribution >= 0.6 is 0 Å². The van der Waals surface area contributed by atoms with Gasteiger partial charge in [0.05, 0.1) is 12.0 Å². The summed E-state index contributed by atoms with van der Waals surface area (Å²) in [6.45, 7) is 6.41. The molecule has 1 aliphatic rings. The molecule has 0 bridgehead atoms. The summed E-state index contributed by atoms with van der Waals surface area (Å²) < 4.78 is 10.9. The highest BCUT2D eigenvalue weighted by Gasteiger charge is 2.21. The molecule has 7 nitrogen and oxygen atoms in total. The summed E-state index contributed by atoms with van der Waals surface area (Å²) in [4.78, 5) is 18.6. The van der Waals surface area contributed by atoms with E-state index in [0.29, 0.717) is 38.0 Å². The zero-order chi connectivity index (χ0) is 17.6. The molecule has 134 valence electrons. The molecule has 2 atom stereocenters. The Balaban J connectivity index is 1.55. The zero-order valence-corrected chi connectivity index (χ0v) is 14.6. The minimum Gasteiger partial charge on any atom is -0.377 e. The Hall–Kier alpha value is -2.41. The van der Waals surface area contributed by atoms with E-state index in [4.69, 9.17) is 9.26 Å². The van der Waals surface area contributed by atoms with Gasteiger partial charge in [0, 0.05) is 31.8 Å². The molecule has 2 aromatic rings. The van der Waals surface area contributed by atoms with Gasteiger partial charge in [-0.25, -0.2) is 4.79 Å². The molecule has 0 saturated carbocycles. The summed E-state index contributed by atoms with van der Waals surface area (Å²) >= 11 is 0. The van der Waals surface area contributed by atoms with Crippen molar-refractivity contribution >= 4 is 6.03 Å². The number of hydrogen-bond donors (Lipinski definition) is 1. The van der Waals surface area contributed by atoms with Gasteiger partial charge in [-0.3, -0.25) is 0 Å². The molecule has 1 aliphatic heterocycles. The van der Waals surface area contributed by atoms with Gasteiger partial charge in [-0.15, -0.1) is 0 Å². The Bertz CT molecular complexity index is 689. The molecule has 1 fully saturated rings. The second-order valence-electron chi connectivity index (χ2n) is 6.39. The molecule has 0 spiro atoms. The van der Waals surface area contributed by atoms with Gasteiger partial charge in [0.15, 0.2) is 0 Å². The van der Waals surface area contributed by atoms with E-state index >= 15 is 0 Å². The third kappa shape index (κ3) is 4.57. The van der Waals surface area contributed by atoms with Crippen molar-refractivity contribution in [1.29, 1.82) is 0 Å². The number of benzene rings is 1. The first-order chi connectivity index (χ1) is 12.1. The average Bonchev–Trinajstić information content (AvgIpc) is 3.03.